The Kier molecular flexibility index (Phi) is 20.2. The number of rotatable bonds is 15. The lowest BCUT2D eigenvalue weighted by molar-refractivity contribution is 0.112. The molecule has 0 saturated heterocycles. The van der Waals surface area contributed by atoms with Crippen molar-refractivity contribution >= 4 is 0 Å². The maximum Gasteiger partial charge on any atom is 0.0523 e. The number of nitrogens with zero attached hydrogens (tertiary/aromatic N) is 6. The highest BCUT2D eigenvalue weighted by Crippen LogP contribution is 1.89. The van der Waals surface area contributed by atoms with Crippen LogP contribution in [0.1, 0.15) is 0 Å². The van der Waals surface area contributed by atoms with Crippen LogP contribution in [-0.4, -0.2) is 146 Å². The van der Waals surface area contributed by atoms with Crippen molar-refractivity contribution in [3.8, 4) is 0 Å². The van der Waals surface area contributed by atoms with E-state index in [1.165, 1.54) is 0 Å². The van der Waals surface area contributed by atoms with Crippen LogP contribution >= 0.6 is 0 Å². The minimum absolute atomic E-state index is 0.594. The van der Waals surface area contributed by atoms with Crippen LogP contribution in [0.3, 0.4) is 0 Å². The molecule has 0 aliphatic carbocycles. The Morgan fingerprint density at radius 2 is 0.889 bits per heavy atom. The summed E-state index contributed by atoms with van der Waals surface area (Å²) in [4.78, 5) is 13.1. The first-order valence-corrected chi connectivity index (χ1v) is 9.50. The Bertz CT molecular complexity index is 293. The Morgan fingerprint density at radius 1 is 0.519 bits per heavy atom. The van der Waals surface area contributed by atoms with Gasteiger partial charge in [-0.2, -0.15) is 0 Å². The molecule has 0 saturated carbocycles. The van der Waals surface area contributed by atoms with Gasteiger partial charge in [-0.3, -0.25) is 29.4 Å². The number of nitrogens with two attached hydrogens (primary N) is 2. The first-order chi connectivity index (χ1) is 12.7. The van der Waals surface area contributed by atoms with Gasteiger partial charge >= 0.3 is 0 Å². The molecule has 0 bridgehead atoms. The first-order valence-electron chi connectivity index (χ1n) is 9.50. The summed E-state index contributed by atoms with van der Waals surface area (Å²) in [5.41, 5.74) is 10.9. The van der Waals surface area contributed by atoms with Crippen molar-refractivity contribution in [1.29, 1.82) is 0 Å². The summed E-state index contributed by atoms with van der Waals surface area (Å²) in [6.45, 7) is 7.87. The predicted octanol–water partition coefficient (Wildman–Crippen LogP) is -2.38. The van der Waals surface area contributed by atoms with Gasteiger partial charge in [0.25, 0.3) is 0 Å². The van der Waals surface area contributed by atoms with E-state index in [9.17, 15) is 0 Å². The van der Waals surface area contributed by atoms with Crippen molar-refractivity contribution in [1.82, 2.24) is 40.0 Å². The van der Waals surface area contributed by atoms with Crippen molar-refractivity contribution in [2.45, 2.75) is 0 Å². The number of likely N-dealkylation sites (N-methyl/N-ethyl adjacent to an activating group) is 2. The van der Waals surface area contributed by atoms with Crippen LogP contribution < -0.4 is 22.1 Å². The molecule has 0 fully saturated rings. The second-order valence-electron chi connectivity index (χ2n) is 7.40. The largest absolute Gasteiger partial charge is 0.318 e. The van der Waals surface area contributed by atoms with Gasteiger partial charge in [0.05, 0.1) is 20.0 Å². The summed E-state index contributed by atoms with van der Waals surface area (Å²) in [7, 11) is 16.3. The molecule has 0 rings (SSSR count). The predicted molar refractivity (Wildman–Crippen MR) is 117 cm³/mol. The first kappa shape index (κ1) is 28.8. The second-order valence-corrected chi connectivity index (χ2v) is 7.40. The number of hydrogen-bond acceptors (Lipinski definition) is 10. The van der Waals surface area contributed by atoms with Crippen molar-refractivity contribution in [2.24, 2.45) is 11.5 Å². The molecular formula is C17H48N10. The molecule has 0 spiro atoms. The molecule has 0 atom stereocenters. The molecule has 6 N–H and O–H groups in total. The van der Waals surface area contributed by atoms with E-state index in [4.69, 9.17) is 11.5 Å². The number of nitrogens with one attached hydrogen (secondary N) is 2. The van der Waals surface area contributed by atoms with Gasteiger partial charge in [-0.1, -0.05) is 0 Å². The van der Waals surface area contributed by atoms with Crippen LogP contribution in [0.5, 0.6) is 0 Å². The van der Waals surface area contributed by atoms with Gasteiger partial charge in [-0.05, 0) is 56.4 Å². The van der Waals surface area contributed by atoms with Crippen LogP contribution in [0.15, 0.2) is 0 Å². The van der Waals surface area contributed by atoms with Crippen LogP contribution in [0.4, 0.5) is 0 Å². The van der Waals surface area contributed by atoms with Gasteiger partial charge < -0.3 is 22.1 Å². The fourth-order valence-electron chi connectivity index (χ4n) is 2.48. The Morgan fingerprint density at radius 3 is 1.26 bits per heavy atom. The summed E-state index contributed by atoms with van der Waals surface area (Å²) >= 11 is 0. The third kappa shape index (κ3) is 20.2. The van der Waals surface area contributed by atoms with Crippen molar-refractivity contribution in [3.05, 3.63) is 0 Å². The second kappa shape index (κ2) is 18.9. The van der Waals surface area contributed by atoms with Gasteiger partial charge in [0.1, 0.15) is 0 Å². The maximum absolute atomic E-state index is 5.47. The summed E-state index contributed by atoms with van der Waals surface area (Å²) in [6, 6.07) is 0. The minimum Gasteiger partial charge on any atom is -0.318 e. The van der Waals surface area contributed by atoms with Crippen LogP contribution in [0, 0.1) is 0 Å². The topological polar surface area (TPSA) is 95.5 Å². The van der Waals surface area contributed by atoms with Crippen LogP contribution in [-0.2, 0) is 0 Å². The van der Waals surface area contributed by atoms with Gasteiger partial charge in [-0.15, -0.1) is 0 Å². The Hall–Kier alpha value is -0.400. The van der Waals surface area contributed by atoms with E-state index in [2.05, 4.69) is 68.2 Å². The highest BCUT2D eigenvalue weighted by atomic mass is 15.4. The molecule has 0 aliphatic rings. The van der Waals surface area contributed by atoms with Crippen LogP contribution in [0.2, 0.25) is 0 Å². The molecule has 10 nitrogen and oxygen atoms in total. The summed E-state index contributed by atoms with van der Waals surface area (Å²) in [6.07, 6.45) is 0. The van der Waals surface area contributed by atoms with E-state index in [-0.39, 0.29) is 0 Å². The summed E-state index contributed by atoms with van der Waals surface area (Å²) in [5, 5.41) is 6.25. The summed E-state index contributed by atoms with van der Waals surface area (Å²) in [5.74, 6) is 0. The van der Waals surface area contributed by atoms with E-state index in [1.807, 2.05) is 28.2 Å². The Balaban J connectivity index is 0. The number of hydrogen-bond donors (Lipinski definition) is 4. The van der Waals surface area contributed by atoms with Crippen molar-refractivity contribution in [3.63, 3.8) is 0 Å². The van der Waals surface area contributed by atoms with Gasteiger partial charge in [0.2, 0.25) is 0 Å². The van der Waals surface area contributed by atoms with E-state index in [0.717, 1.165) is 46.4 Å². The van der Waals surface area contributed by atoms with E-state index >= 15 is 0 Å². The average molecular weight is 393 g/mol. The molecule has 0 aromatic carbocycles. The molecule has 0 unspecified atom stereocenters. The molecule has 0 aromatic rings. The SMILES string of the molecule is CN(CN)CCN(C)CN(C)CN.CNCN(C)CN(C)CN(C)CNC. The smallest absolute Gasteiger partial charge is 0.0523 e. The molecule has 0 aliphatic heterocycles. The molecule has 0 heterocycles. The van der Waals surface area contributed by atoms with Crippen LogP contribution in [0.25, 0.3) is 0 Å². The zero-order chi connectivity index (χ0) is 21.2. The van der Waals surface area contributed by atoms with Crippen molar-refractivity contribution < 1.29 is 0 Å². The zero-order valence-electron chi connectivity index (χ0n) is 19.2. The third-order valence-electron chi connectivity index (χ3n) is 3.79. The standard InChI is InChI=1S/C9H25N5.C8H23N5/c1-10-6-12(3)8-14(5)9-13(4)7-11-2;1-11(6-9)4-5-12(2)8-13(3)7-10/h10-11H,6-9H2,1-5H3;4-10H2,1-3H3. The molecule has 0 aromatic heterocycles. The summed E-state index contributed by atoms with van der Waals surface area (Å²) < 4.78 is 0. The zero-order valence-corrected chi connectivity index (χ0v) is 19.2. The lowest BCUT2D eigenvalue weighted by atomic mass is 10.5. The Labute approximate surface area is 168 Å². The molecular weight excluding hydrogens is 344 g/mol. The third-order valence-corrected chi connectivity index (χ3v) is 3.79. The molecule has 10 heteroatoms. The van der Waals surface area contributed by atoms with Crippen molar-refractivity contribution in [2.75, 3.05) is 116 Å². The quantitative estimate of drug-likeness (QED) is 0.226. The fourth-order valence-corrected chi connectivity index (χ4v) is 2.48. The van der Waals surface area contributed by atoms with E-state index < -0.39 is 0 Å². The minimum atomic E-state index is 0.594. The fraction of sp³-hybridized carbons (Fsp3) is 1.00. The van der Waals surface area contributed by atoms with E-state index in [1.54, 1.807) is 0 Å². The van der Waals surface area contributed by atoms with Gasteiger partial charge in [0, 0.05) is 39.8 Å². The monoisotopic (exact) mass is 392 g/mol. The molecule has 0 amide bonds. The molecule has 0 radical (unpaired) electrons. The molecule has 27 heavy (non-hydrogen) atoms. The molecule has 166 valence electrons. The lowest BCUT2D eigenvalue weighted by Crippen LogP contribution is -2.43. The average Bonchev–Trinajstić information content (AvgIpc) is 2.60. The van der Waals surface area contributed by atoms with E-state index in [0.29, 0.717) is 13.3 Å². The maximum atomic E-state index is 5.47. The normalized spacial score (nSPS) is 12.0. The van der Waals surface area contributed by atoms with Gasteiger partial charge in [-0.25, -0.2) is 0 Å². The van der Waals surface area contributed by atoms with Gasteiger partial charge in [0.15, 0.2) is 0 Å². The highest BCUT2D eigenvalue weighted by Gasteiger charge is 2.05. The lowest BCUT2D eigenvalue weighted by Gasteiger charge is -2.28. The highest BCUT2D eigenvalue weighted by molar-refractivity contribution is 4.55.